The molecule has 5 heteroatoms. The van der Waals surface area contributed by atoms with E-state index in [1.165, 1.54) is 18.2 Å². The summed E-state index contributed by atoms with van der Waals surface area (Å²) in [5.74, 6) is -0.534. The molecule has 0 amide bonds. The zero-order valence-corrected chi connectivity index (χ0v) is 10.6. The number of halogens is 2. The molecule has 3 nitrogen and oxygen atoms in total. The van der Waals surface area contributed by atoms with Crippen LogP contribution < -0.4 is 5.73 Å². The van der Waals surface area contributed by atoms with Gasteiger partial charge >= 0.3 is 0 Å². The molecule has 0 saturated carbocycles. The lowest BCUT2D eigenvalue weighted by Crippen LogP contribution is -2.26. The maximum atomic E-state index is 13.5. The van der Waals surface area contributed by atoms with Gasteiger partial charge in [-0.05, 0) is 36.6 Å². The molecule has 1 aliphatic heterocycles. The molecule has 2 rings (SSSR count). The van der Waals surface area contributed by atoms with Crippen molar-refractivity contribution in [1.82, 2.24) is 0 Å². The van der Waals surface area contributed by atoms with Gasteiger partial charge in [-0.2, -0.15) is 0 Å². The van der Waals surface area contributed by atoms with E-state index in [-0.39, 0.29) is 18.3 Å². The van der Waals surface area contributed by atoms with Crippen LogP contribution in [0.15, 0.2) is 18.2 Å². The van der Waals surface area contributed by atoms with E-state index in [2.05, 4.69) is 0 Å². The van der Waals surface area contributed by atoms with E-state index in [0.717, 1.165) is 6.42 Å². The van der Waals surface area contributed by atoms with E-state index in [4.69, 9.17) is 22.1 Å². The van der Waals surface area contributed by atoms with Gasteiger partial charge in [-0.25, -0.2) is 4.39 Å². The third-order valence-corrected chi connectivity index (χ3v) is 3.34. The van der Waals surface area contributed by atoms with Gasteiger partial charge in [-0.1, -0.05) is 11.6 Å². The lowest BCUT2D eigenvalue weighted by atomic mass is 10.0. The Bertz CT molecular complexity index is 453. The number of hydrogen-bond donors (Lipinski definition) is 1. The molecule has 1 saturated heterocycles. The van der Waals surface area contributed by atoms with Gasteiger partial charge in [-0.15, -0.1) is 0 Å². The summed E-state index contributed by atoms with van der Waals surface area (Å²) in [5.41, 5.74) is 5.79. The normalized spacial score (nSPS) is 23.3. The van der Waals surface area contributed by atoms with Gasteiger partial charge in [0.1, 0.15) is 11.9 Å². The maximum absolute atomic E-state index is 13.5. The number of benzene rings is 1. The molecular formula is C13H15ClFNO2. The monoisotopic (exact) mass is 271 g/mol. The Morgan fingerprint density at radius 2 is 2.28 bits per heavy atom. The summed E-state index contributed by atoms with van der Waals surface area (Å²) in [7, 11) is 0. The van der Waals surface area contributed by atoms with Gasteiger partial charge in [0.2, 0.25) is 0 Å². The predicted molar refractivity (Wildman–Crippen MR) is 67.1 cm³/mol. The molecular weight excluding hydrogens is 257 g/mol. The molecule has 2 N–H and O–H groups in total. The van der Waals surface area contributed by atoms with Gasteiger partial charge in [0.15, 0.2) is 5.78 Å². The van der Waals surface area contributed by atoms with Crippen molar-refractivity contribution in [3.05, 3.63) is 34.6 Å². The fourth-order valence-corrected chi connectivity index (χ4v) is 2.29. The number of ketones is 1. The van der Waals surface area contributed by atoms with Crippen LogP contribution in [0.3, 0.4) is 0 Å². The molecule has 1 fully saturated rings. The summed E-state index contributed by atoms with van der Waals surface area (Å²) in [6.07, 6.45) is 0.933. The average Bonchev–Trinajstić information content (AvgIpc) is 2.82. The Hall–Kier alpha value is -0.970. The highest BCUT2D eigenvalue weighted by atomic mass is 35.5. The number of nitrogens with two attached hydrogens (primary N) is 1. The highest BCUT2D eigenvalue weighted by molar-refractivity contribution is 6.30. The van der Waals surface area contributed by atoms with Crippen LogP contribution in [-0.4, -0.2) is 24.5 Å². The fraction of sp³-hybridized carbons (Fsp3) is 0.462. The third-order valence-electron chi connectivity index (χ3n) is 3.10. The van der Waals surface area contributed by atoms with Crippen LogP contribution in [-0.2, 0) is 16.0 Å². The lowest BCUT2D eigenvalue weighted by molar-refractivity contribution is -0.128. The standard InChI is InChI=1S/C13H15ClFNO2/c14-9-1-3-11(15)8(5-9)6-12(17)13-4-2-10(7-16)18-13/h1,3,5,10,13H,2,4,6-7,16H2. The highest BCUT2D eigenvalue weighted by Gasteiger charge is 2.29. The Labute approximate surface area is 110 Å². The molecule has 1 aliphatic rings. The summed E-state index contributed by atoms with van der Waals surface area (Å²) in [5, 5.41) is 0.423. The smallest absolute Gasteiger partial charge is 0.166 e. The molecule has 1 heterocycles. The van der Waals surface area contributed by atoms with Crippen molar-refractivity contribution in [3.8, 4) is 0 Å². The van der Waals surface area contributed by atoms with Crippen molar-refractivity contribution in [2.24, 2.45) is 5.73 Å². The molecule has 98 valence electrons. The fourth-order valence-electron chi connectivity index (χ4n) is 2.10. The second kappa shape index (κ2) is 5.78. The zero-order chi connectivity index (χ0) is 13.1. The van der Waals surface area contributed by atoms with Gasteiger partial charge in [0.05, 0.1) is 6.10 Å². The van der Waals surface area contributed by atoms with Crippen molar-refractivity contribution in [2.75, 3.05) is 6.54 Å². The quantitative estimate of drug-likeness (QED) is 0.912. The molecule has 18 heavy (non-hydrogen) atoms. The molecule has 1 aromatic rings. The minimum atomic E-state index is -0.461. The molecule has 0 aliphatic carbocycles. The lowest BCUT2D eigenvalue weighted by Gasteiger charge is -2.11. The molecule has 2 unspecified atom stereocenters. The molecule has 2 atom stereocenters. The van der Waals surface area contributed by atoms with Crippen molar-refractivity contribution in [3.63, 3.8) is 0 Å². The first-order chi connectivity index (χ1) is 8.60. The Balaban J connectivity index is 2.01. The minimum absolute atomic E-state index is 0.00829. The van der Waals surface area contributed by atoms with E-state index in [1.54, 1.807) is 0 Å². The van der Waals surface area contributed by atoms with Crippen LogP contribution in [0.4, 0.5) is 4.39 Å². The Kier molecular flexibility index (Phi) is 4.32. The number of carbonyl (C=O) groups is 1. The summed E-state index contributed by atoms with van der Waals surface area (Å²) >= 11 is 5.78. The molecule has 1 aromatic carbocycles. The van der Waals surface area contributed by atoms with E-state index >= 15 is 0 Å². The highest BCUT2D eigenvalue weighted by Crippen LogP contribution is 2.22. The zero-order valence-electron chi connectivity index (χ0n) is 9.86. The summed E-state index contributed by atoms with van der Waals surface area (Å²) in [6.45, 7) is 0.412. The van der Waals surface area contributed by atoms with Crippen LogP contribution in [0, 0.1) is 5.82 Å². The van der Waals surface area contributed by atoms with Crippen molar-refractivity contribution < 1.29 is 13.9 Å². The van der Waals surface area contributed by atoms with Crippen LogP contribution in [0.2, 0.25) is 5.02 Å². The number of carbonyl (C=O) groups excluding carboxylic acids is 1. The summed E-state index contributed by atoms with van der Waals surface area (Å²) < 4.78 is 19.0. The van der Waals surface area contributed by atoms with Gasteiger partial charge in [0, 0.05) is 18.0 Å². The number of ether oxygens (including phenoxy) is 1. The Morgan fingerprint density at radius 1 is 1.50 bits per heavy atom. The Morgan fingerprint density at radius 3 is 2.94 bits per heavy atom. The van der Waals surface area contributed by atoms with E-state index in [0.29, 0.717) is 23.6 Å². The van der Waals surface area contributed by atoms with Gasteiger partial charge < -0.3 is 10.5 Å². The van der Waals surface area contributed by atoms with Crippen LogP contribution >= 0.6 is 11.6 Å². The summed E-state index contributed by atoms with van der Waals surface area (Å²) in [4.78, 5) is 12.0. The number of hydrogen-bond acceptors (Lipinski definition) is 3. The van der Waals surface area contributed by atoms with Crippen LogP contribution in [0.25, 0.3) is 0 Å². The van der Waals surface area contributed by atoms with E-state index < -0.39 is 11.9 Å². The second-order valence-corrected chi connectivity index (χ2v) is 4.88. The topological polar surface area (TPSA) is 52.3 Å². The predicted octanol–water partition coefficient (Wildman–Crippen LogP) is 2.10. The molecule has 0 bridgehead atoms. The first-order valence-electron chi connectivity index (χ1n) is 5.92. The molecule has 0 spiro atoms. The third kappa shape index (κ3) is 3.07. The summed E-state index contributed by atoms with van der Waals surface area (Å²) in [6, 6.07) is 4.20. The average molecular weight is 272 g/mol. The first kappa shape index (κ1) is 13.5. The SMILES string of the molecule is NCC1CCC(C(=O)Cc2cc(Cl)ccc2F)O1. The van der Waals surface area contributed by atoms with Gasteiger partial charge in [-0.3, -0.25) is 4.79 Å². The molecule has 0 aromatic heterocycles. The van der Waals surface area contributed by atoms with Crippen LogP contribution in [0.5, 0.6) is 0 Å². The minimum Gasteiger partial charge on any atom is -0.366 e. The van der Waals surface area contributed by atoms with Crippen molar-refractivity contribution in [1.29, 1.82) is 0 Å². The largest absolute Gasteiger partial charge is 0.366 e. The van der Waals surface area contributed by atoms with Crippen molar-refractivity contribution in [2.45, 2.75) is 31.5 Å². The number of rotatable bonds is 4. The first-order valence-corrected chi connectivity index (χ1v) is 6.30. The van der Waals surface area contributed by atoms with Crippen LogP contribution in [0.1, 0.15) is 18.4 Å². The molecule has 0 radical (unpaired) electrons. The van der Waals surface area contributed by atoms with Crippen molar-refractivity contribution >= 4 is 17.4 Å². The van der Waals surface area contributed by atoms with E-state index in [1.807, 2.05) is 0 Å². The maximum Gasteiger partial charge on any atom is 0.166 e. The van der Waals surface area contributed by atoms with E-state index in [9.17, 15) is 9.18 Å². The van der Waals surface area contributed by atoms with Gasteiger partial charge in [0.25, 0.3) is 0 Å². The number of Topliss-reactive ketones (excluding diaryl/α,β-unsaturated/α-hetero) is 1. The second-order valence-electron chi connectivity index (χ2n) is 4.44.